The Morgan fingerprint density at radius 2 is 0.885 bits per heavy atom. The lowest BCUT2D eigenvalue weighted by atomic mass is 9.96. The van der Waals surface area contributed by atoms with Crippen molar-refractivity contribution in [1.82, 2.24) is 9.13 Å². The quantitative estimate of drug-likeness (QED) is 0.187. The predicted octanol–water partition coefficient (Wildman–Crippen LogP) is 13.1. The Hall–Kier alpha value is -7.04. The van der Waals surface area contributed by atoms with Gasteiger partial charge in [-0.25, -0.2) is 0 Å². The molecule has 52 heavy (non-hydrogen) atoms. The van der Waals surface area contributed by atoms with E-state index in [2.05, 4.69) is 178 Å². The van der Waals surface area contributed by atoms with E-state index < -0.39 is 0 Å². The second kappa shape index (κ2) is 11.2. The Bertz CT molecular complexity index is 2950. The van der Waals surface area contributed by atoms with Crippen LogP contribution in [0.5, 0.6) is 11.5 Å². The lowest BCUT2D eigenvalue weighted by molar-refractivity contribution is 0.477. The van der Waals surface area contributed by atoms with Crippen molar-refractivity contribution in [1.29, 1.82) is 0 Å². The van der Waals surface area contributed by atoms with E-state index in [0.29, 0.717) is 0 Å². The Morgan fingerprint density at radius 1 is 0.365 bits per heavy atom. The normalized spacial score (nSPS) is 12.3. The predicted molar refractivity (Wildman–Crippen MR) is 215 cm³/mol. The summed E-state index contributed by atoms with van der Waals surface area (Å²) in [7, 11) is 0. The van der Waals surface area contributed by atoms with Crippen molar-refractivity contribution in [2.75, 3.05) is 4.90 Å². The summed E-state index contributed by atoms with van der Waals surface area (Å²) in [6.45, 7) is 0. The summed E-state index contributed by atoms with van der Waals surface area (Å²) in [4.78, 5) is 2.32. The highest BCUT2D eigenvalue weighted by Gasteiger charge is 2.27. The topological polar surface area (TPSA) is 22.3 Å². The summed E-state index contributed by atoms with van der Waals surface area (Å²) >= 11 is 0. The van der Waals surface area contributed by atoms with E-state index in [0.717, 1.165) is 45.5 Å². The molecule has 1 aliphatic heterocycles. The van der Waals surface area contributed by atoms with Crippen LogP contribution in [0.2, 0.25) is 0 Å². The molecule has 0 fully saturated rings. The van der Waals surface area contributed by atoms with Gasteiger partial charge in [0.1, 0.15) is 0 Å². The van der Waals surface area contributed by atoms with Crippen LogP contribution in [0.25, 0.3) is 66.1 Å². The third kappa shape index (κ3) is 4.15. The Kier molecular flexibility index (Phi) is 6.22. The molecule has 3 heterocycles. The smallest absolute Gasteiger partial charge is 0.151 e. The van der Waals surface area contributed by atoms with E-state index in [-0.39, 0.29) is 0 Å². The average Bonchev–Trinajstić information content (AvgIpc) is 3.74. The van der Waals surface area contributed by atoms with Crippen LogP contribution in [-0.4, -0.2) is 9.13 Å². The van der Waals surface area contributed by atoms with Crippen LogP contribution in [0.3, 0.4) is 0 Å². The molecule has 0 amide bonds. The fourth-order valence-electron chi connectivity index (χ4n) is 8.31. The summed E-state index contributed by atoms with van der Waals surface area (Å²) in [5, 5.41) is 4.89. The zero-order chi connectivity index (χ0) is 34.2. The molecule has 2 aromatic heterocycles. The van der Waals surface area contributed by atoms with E-state index in [1.54, 1.807) is 0 Å². The van der Waals surface area contributed by atoms with Crippen molar-refractivity contribution in [2.24, 2.45) is 0 Å². The minimum absolute atomic E-state index is 0.843. The maximum absolute atomic E-state index is 6.38. The first-order valence-corrected chi connectivity index (χ1v) is 17.7. The molecule has 0 atom stereocenters. The Morgan fingerprint density at radius 3 is 1.56 bits per heavy atom. The number of para-hydroxylation sites is 8. The number of ether oxygens (including phenoxy) is 1. The zero-order valence-corrected chi connectivity index (χ0v) is 28.1. The van der Waals surface area contributed by atoms with Crippen LogP contribution in [0.4, 0.5) is 17.1 Å². The van der Waals surface area contributed by atoms with Crippen LogP contribution in [0, 0.1) is 0 Å². The molecule has 0 spiro atoms. The molecule has 0 saturated carbocycles. The number of hydrogen-bond donors (Lipinski definition) is 0. The largest absolute Gasteiger partial charge is 0.453 e. The first-order valence-electron chi connectivity index (χ1n) is 17.7. The van der Waals surface area contributed by atoms with Crippen LogP contribution in [-0.2, 0) is 0 Å². The molecule has 0 bridgehead atoms. The van der Waals surface area contributed by atoms with Crippen molar-refractivity contribution in [3.63, 3.8) is 0 Å². The third-order valence-electron chi connectivity index (χ3n) is 10.4. The molecule has 0 saturated heterocycles. The van der Waals surface area contributed by atoms with Gasteiger partial charge < -0.3 is 18.8 Å². The van der Waals surface area contributed by atoms with Gasteiger partial charge in [-0.15, -0.1) is 0 Å². The third-order valence-corrected chi connectivity index (χ3v) is 10.4. The minimum atomic E-state index is 0.843. The molecular weight excluding hydrogens is 635 g/mol. The van der Waals surface area contributed by atoms with Gasteiger partial charge in [0.2, 0.25) is 0 Å². The highest BCUT2D eigenvalue weighted by Crippen LogP contribution is 2.51. The van der Waals surface area contributed by atoms with Gasteiger partial charge in [0.05, 0.1) is 33.4 Å². The summed E-state index contributed by atoms with van der Waals surface area (Å²) in [5.41, 5.74) is 12.5. The fraction of sp³-hybridized carbons (Fsp3) is 0. The molecule has 4 nitrogen and oxygen atoms in total. The van der Waals surface area contributed by atoms with Gasteiger partial charge >= 0.3 is 0 Å². The Labute approximate surface area is 300 Å². The van der Waals surface area contributed by atoms with Crippen molar-refractivity contribution in [3.8, 4) is 34.0 Å². The van der Waals surface area contributed by atoms with Crippen LogP contribution < -0.4 is 9.64 Å². The average molecular weight is 666 g/mol. The molecule has 1 aliphatic rings. The summed E-state index contributed by atoms with van der Waals surface area (Å²) in [6.07, 6.45) is 0. The van der Waals surface area contributed by atoms with Crippen molar-refractivity contribution >= 4 is 60.7 Å². The number of aromatic nitrogens is 2. The van der Waals surface area contributed by atoms with E-state index in [1.165, 1.54) is 49.2 Å². The van der Waals surface area contributed by atoms with Crippen molar-refractivity contribution in [3.05, 3.63) is 188 Å². The highest BCUT2D eigenvalue weighted by molar-refractivity contribution is 6.28. The maximum atomic E-state index is 6.38. The van der Waals surface area contributed by atoms with Crippen molar-refractivity contribution in [2.45, 2.75) is 0 Å². The van der Waals surface area contributed by atoms with Crippen LogP contribution in [0.15, 0.2) is 188 Å². The van der Waals surface area contributed by atoms with Crippen molar-refractivity contribution < 1.29 is 4.74 Å². The van der Waals surface area contributed by atoms with Gasteiger partial charge in [-0.3, -0.25) is 0 Å². The van der Waals surface area contributed by atoms with E-state index in [1.807, 2.05) is 24.3 Å². The first kappa shape index (κ1) is 28.8. The van der Waals surface area contributed by atoms with Crippen LogP contribution in [0.1, 0.15) is 0 Å². The summed E-state index contributed by atoms with van der Waals surface area (Å²) in [6, 6.07) is 67.2. The van der Waals surface area contributed by atoms with E-state index in [4.69, 9.17) is 4.74 Å². The number of nitrogens with zero attached hydrogens (tertiary/aromatic N) is 3. The molecule has 244 valence electrons. The molecule has 0 N–H and O–H groups in total. The molecule has 0 aliphatic carbocycles. The Balaban J connectivity index is 1.29. The lowest BCUT2D eigenvalue weighted by Gasteiger charge is -2.33. The standard InChI is InChI=1S/C48H31N3O/c1-3-17-33(18-4-1)50-40-24-9-7-22-36(40)39-31-38(46-37-23-8-10-25-41(37)51(48(46)47(39)50)34-19-5-2-6-20-34)32-16-15-21-35(30-32)49-42-26-11-13-28-44(42)52-45-29-14-12-27-43(45)49/h1-31H. The molecule has 0 unspecified atom stereocenters. The fourth-order valence-corrected chi connectivity index (χ4v) is 8.31. The molecule has 0 radical (unpaired) electrons. The van der Waals surface area contributed by atoms with E-state index in [9.17, 15) is 0 Å². The number of fused-ring (bicyclic) bond motifs is 9. The highest BCUT2D eigenvalue weighted by atomic mass is 16.5. The number of anilines is 3. The first-order chi connectivity index (χ1) is 25.8. The van der Waals surface area contributed by atoms with Gasteiger partial charge in [-0.2, -0.15) is 0 Å². The molecule has 10 aromatic rings. The number of hydrogen-bond acceptors (Lipinski definition) is 2. The number of benzene rings is 8. The second-order valence-corrected chi connectivity index (χ2v) is 13.3. The number of rotatable bonds is 4. The lowest BCUT2D eigenvalue weighted by Crippen LogP contribution is -2.15. The molecule has 4 heteroatoms. The summed E-state index contributed by atoms with van der Waals surface area (Å²) < 4.78 is 11.3. The zero-order valence-electron chi connectivity index (χ0n) is 28.1. The molecule has 8 aromatic carbocycles. The van der Waals surface area contributed by atoms with Gasteiger partial charge in [0.15, 0.2) is 11.5 Å². The van der Waals surface area contributed by atoms with Gasteiger partial charge in [0.25, 0.3) is 0 Å². The summed E-state index contributed by atoms with van der Waals surface area (Å²) in [5.74, 6) is 1.69. The van der Waals surface area contributed by atoms with Gasteiger partial charge in [-0.05, 0) is 90.0 Å². The monoisotopic (exact) mass is 665 g/mol. The molecular formula is C48H31N3O. The molecule has 11 rings (SSSR count). The second-order valence-electron chi connectivity index (χ2n) is 13.3. The SMILES string of the molecule is c1ccc(-n2c3ccccc3c3cc(-c4cccc(N5c6ccccc6Oc6ccccc65)c4)c4c5ccccc5n(-c5ccccc5)c4c32)cc1. The van der Waals surface area contributed by atoms with Gasteiger partial charge in [-0.1, -0.05) is 109 Å². The van der Waals surface area contributed by atoms with E-state index >= 15 is 0 Å². The minimum Gasteiger partial charge on any atom is -0.453 e. The van der Waals surface area contributed by atoms with Crippen LogP contribution >= 0.6 is 0 Å². The maximum Gasteiger partial charge on any atom is 0.151 e. The van der Waals surface area contributed by atoms with Gasteiger partial charge in [0, 0.05) is 38.6 Å².